The summed E-state index contributed by atoms with van der Waals surface area (Å²) in [4.78, 5) is 74.8. The van der Waals surface area contributed by atoms with Crippen molar-refractivity contribution in [3.8, 4) is 0 Å². The topological polar surface area (TPSA) is 211 Å². The number of aromatic carboxylic acids is 1. The van der Waals surface area contributed by atoms with Crippen molar-refractivity contribution in [2.75, 3.05) is 42.6 Å². The van der Waals surface area contributed by atoms with Crippen molar-refractivity contribution >= 4 is 110 Å². The molecule has 2 fully saturated rings. The van der Waals surface area contributed by atoms with Gasteiger partial charge in [-0.2, -0.15) is 0 Å². The number of esters is 1. The van der Waals surface area contributed by atoms with Crippen molar-refractivity contribution in [3.05, 3.63) is 99.8 Å². The molecule has 2 saturated heterocycles. The van der Waals surface area contributed by atoms with Gasteiger partial charge in [0.25, 0.3) is 5.91 Å². The number of imidazole rings is 2. The number of hydrogen-bond donors (Lipinski definition) is 4. The lowest BCUT2D eigenvalue weighted by atomic mass is 10.1. The summed E-state index contributed by atoms with van der Waals surface area (Å²) in [6, 6.07) is 7.59. The number of nitrogens with zero attached hydrogens (tertiary/aromatic N) is 6. The van der Waals surface area contributed by atoms with Gasteiger partial charge in [0.15, 0.2) is 5.69 Å². The fourth-order valence-corrected chi connectivity index (χ4v) is 9.69. The molecule has 2 aromatic carbocycles. The third-order valence-electron chi connectivity index (χ3n) is 10.7. The van der Waals surface area contributed by atoms with E-state index in [1.54, 1.807) is 46.1 Å². The molecule has 3 amide bonds. The Balaban J connectivity index is 0.000000233. The number of alkyl carbamates (subject to hydrolysis) is 2. The molecule has 18 nitrogen and oxygen atoms in total. The number of carboxylic acid groups (broad SMARTS) is 1. The summed E-state index contributed by atoms with van der Waals surface area (Å²) in [6.45, 7) is 13.1. The van der Waals surface area contributed by atoms with Crippen LogP contribution in [-0.4, -0.2) is 110 Å². The molecule has 70 heavy (non-hydrogen) atoms. The molecule has 0 radical (unpaired) electrons. The van der Waals surface area contributed by atoms with Gasteiger partial charge in [-0.3, -0.25) is 9.36 Å². The fourth-order valence-electron chi connectivity index (χ4n) is 7.84. The van der Waals surface area contributed by atoms with Crippen molar-refractivity contribution in [1.82, 2.24) is 35.1 Å². The number of piperidine rings is 2. The zero-order chi connectivity index (χ0) is 51.2. The summed E-state index contributed by atoms with van der Waals surface area (Å²) in [5, 5.41) is 18.8. The summed E-state index contributed by atoms with van der Waals surface area (Å²) in [7, 11) is 0. The highest BCUT2D eigenvalue weighted by atomic mass is 127. The minimum Gasteiger partial charge on any atom is -0.476 e. The number of cyclic esters (lactones) is 1. The van der Waals surface area contributed by atoms with E-state index in [4.69, 9.17) is 37.4 Å². The SMILES string of the molecule is CC(C)(C)OC(=O)N[C@@H]1CCCN(c2nc(I)c(C(=O)NC3=CCOC3=O)n2Cc2cc(F)ccc2Cl)C1.CC(C)(C)OC(=O)N[C@@H]1CCCN(c2nc(I)c(C(=O)O)n2Cc2cc(F)ccc2Cl)C1. The lowest BCUT2D eigenvalue weighted by Crippen LogP contribution is -2.49. The summed E-state index contributed by atoms with van der Waals surface area (Å²) >= 11 is 16.4. The van der Waals surface area contributed by atoms with Crippen molar-refractivity contribution in [2.24, 2.45) is 0 Å². The molecule has 3 aliphatic rings. The summed E-state index contributed by atoms with van der Waals surface area (Å²) in [5.41, 5.74) is -0.0973. The first-order chi connectivity index (χ1) is 32.8. The van der Waals surface area contributed by atoms with Gasteiger partial charge in [-0.1, -0.05) is 23.2 Å². The molecule has 24 heteroatoms. The van der Waals surface area contributed by atoms with Crippen molar-refractivity contribution < 1.29 is 52.1 Å². The zero-order valence-electron chi connectivity index (χ0n) is 39.1. The van der Waals surface area contributed by atoms with E-state index in [0.29, 0.717) is 66.6 Å². The highest BCUT2D eigenvalue weighted by Gasteiger charge is 2.33. The molecular weight excluding hydrogens is 1190 g/mol. The van der Waals surface area contributed by atoms with Crippen LogP contribution in [-0.2, 0) is 32.1 Å². The maximum Gasteiger partial charge on any atom is 0.407 e. The van der Waals surface area contributed by atoms with Crippen LogP contribution in [0.2, 0.25) is 10.0 Å². The molecule has 0 spiro atoms. The highest BCUT2D eigenvalue weighted by Crippen LogP contribution is 2.30. The molecule has 3 aliphatic heterocycles. The van der Waals surface area contributed by atoms with Gasteiger partial charge in [0.2, 0.25) is 11.9 Å². The van der Waals surface area contributed by atoms with Gasteiger partial charge in [0.1, 0.15) is 48.2 Å². The van der Waals surface area contributed by atoms with Crippen LogP contribution in [0.5, 0.6) is 0 Å². The largest absolute Gasteiger partial charge is 0.476 e. The summed E-state index contributed by atoms with van der Waals surface area (Å²) in [6.07, 6.45) is 3.50. The molecule has 7 rings (SSSR count). The van der Waals surface area contributed by atoms with Gasteiger partial charge in [-0.25, -0.2) is 37.9 Å². The number of carboxylic acids is 1. The quantitative estimate of drug-likeness (QED) is 0.0631. The minimum absolute atomic E-state index is 0.00292. The van der Waals surface area contributed by atoms with Crippen LogP contribution < -0.4 is 25.8 Å². The molecule has 0 saturated carbocycles. The Morgan fingerprint density at radius 1 is 0.771 bits per heavy atom. The standard InChI is InChI=1S/C25H28ClFIN5O5.C21H25ClFIN4O4/c1-25(2,3)38-24(36)29-16-5-4-9-32(13-16)23-31-20(28)19(21(34)30-18-8-10-37-22(18)35)33(23)12-14-11-15(27)6-7-17(14)26;1-21(2,3)32-20(31)25-14-5-4-8-27(11-14)19-26-17(24)16(18(29)30)28(19)10-12-9-13(23)6-7-15(12)22/h6-8,11,16H,4-5,9-10,12-13H2,1-3H3,(H,29,36)(H,30,34);6-7,9,14H,4-5,8,10-11H2,1-3H3,(H,25,31)(H,29,30)/t16-;14-/m11/s1. The molecule has 4 aromatic rings. The molecule has 0 unspecified atom stereocenters. The van der Waals surface area contributed by atoms with E-state index in [-0.39, 0.29) is 48.9 Å². The Kier molecular flexibility index (Phi) is 17.9. The first-order valence-electron chi connectivity index (χ1n) is 22.2. The molecular formula is C46H53Cl2F2I2N9O9. The number of carbonyl (C=O) groups excluding carboxylic acids is 4. The second-order valence-electron chi connectivity index (χ2n) is 18.6. The number of amides is 3. The Labute approximate surface area is 440 Å². The number of rotatable bonds is 11. The van der Waals surface area contributed by atoms with Gasteiger partial charge >= 0.3 is 24.1 Å². The lowest BCUT2D eigenvalue weighted by molar-refractivity contribution is -0.136. The first-order valence-corrected chi connectivity index (χ1v) is 25.1. The summed E-state index contributed by atoms with van der Waals surface area (Å²) in [5.74, 6) is -2.36. The van der Waals surface area contributed by atoms with Gasteiger partial charge in [-0.05, 0) is 166 Å². The van der Waals surface area contributed by atoms with Gasteiger partial charge in [0, 0.05) is 48.3 Å². The Morgan fingerprint density at radius 2 is 1.21 bits per heavy atom. The Hall–Kier alpha value is -4.95. The monoisotopic (exact) mass is 1240 g/mol. The molecule has 5 heterocycles. The predicted molar refractivity (Wildman–Crippen MR) is 274 cm³/mol. The van der Waals surface area contributed by atoms with Crippen molar-refractivity contribution in [3.63, 3.8) is 0 Å². The maximum absolute atomic E-state index is 14.1. The number of ether oxygens (including phenoxy) is 3. The molecule has 2 atom stereocenters. The van der Waals surface area contributed by atoms with Crippen LogP contribution in [0.1, 0.15) is 99.3 Å². The average molecular weight is 1240 g/mol. The number of benzene rings is 2. The molecule has 378 valence electrons. The number of carbonyl (C=O) groups is 5. The van der Waals surface area contributed by atoms with Crippen LogP contribution in [0, 0.1) is 19.0 Å². The van der Waals surface area contributed by atoms with Gasteiger partial charge in [0.05, 0.1) is 13.1 Å². The Bertz CT molecular complexity index is 2670. The van der Waals surface area contributed by atoms with Gasteiger partial charge < -0.3 is 49.6 Å². The van der Waals surface area contributed by atoms with Crippen LogP contribution in [0.4, 0.5) is 30.3 Å². The number of aromatic nitrogens is 4. The van der Waals surface area contributed by atoms with Crippen LogP contribution in [0.15, 0.2) is 48.2 Å². The molecule has 4 N–H and O–H groups in total. The highest BCUT2D eigenvalue weighted by molar-refractivity contribution is 14.1. The smallest absolute Gasteiger partial charge is 0.407 e. The number of hydrogen-bond acceptors (Lipinski definition) is 12. The fraction of sp³-hybridized carbons (Fsp3) is 0.457. The molecule has 2 aromatic heterocycles. The predicted octanol–water partition coefficient (Wildman–Crippen LogP) is 8.51. The van der Waals surface area contributed by atoms with E-state index in [9.17, 15) is 37.9 Å². The maximum atomic E-state index is 14.1. The van der Waals surface area contributed by atoms with Crippen molar-refractivity contribution in [2.45, 2.75) is 104 Å². The van der Waals surface area contributed by atoms with E-state index in [0.717, 1.165) is 25.7 Å². The third kappa shape index (κ3) is 14.6. The van der Waals surface area contributed by atoms with Crippen LogP contribution in [0.3, 0.4) is 0 Å². The van der Waals surface area contributed by atoms with E-state index in [1.807, 2.05) is 55.0 Å². The third-order valence-corrected chi connectivity index (χ3v) is 13.0. The van der Waals surface area contributed by atoms with E-state index >= 15 is 0 Å². The van der Waals surface area contributed by atoms with Crippen LogP contribution in [0.25, 0.3) is 0 Å². The van der Waals surface area contributed by atoms with E-state index in [1.165, 1.54) is 47.0 Å². The number of nitrogens with one attached hydrogen (secondary N) is 3. The Morgan fingerprint density at radius 3 is 1.63 bits per heavy atom. The van der Waals surface area contributed by atoms with E-state index < -0.39 is 52.9 Å². The average Bonchev–Trinajstić information content (AvgIpc) is 3.92. The molecule has 0 bridgehead atoms. The van der Waals surface area contributed by atoms with Gasteiger partial charge in [-0.15, -0.1) is 0 Å². The number of halogens is 6. The van der Waals surface area contributed by atoms with Crippen LogP contribution >= 0.6 is 68.4 Å². The lowest BCUT2D eigenvalue weighted by Gasteiger charge is -2.34. The number of anilines is 2. The zero-order valence-corrected chi connectivity index (χ0v) is 45.0. The second kappa shape index (κ2) is 23.1. The molecule has 0 aliphatic carbocycles. The summed E-state index contributed by atoms with van der Waals surface area (Å²) < 4.78 is 47.4. The second-order valence-corrected chi connectivity index (χ2v) is 21.4. The van der Waals surface area contributed by atoms with Crippen molar-refractivity contribution in [1.29, 1.82) is 0 Å². The van der Waals surface area contributed by atoms with E-state index in [2.05, 4.69) is 25.9 Å². The first kappa shape index (κ1) is 54.4. The normalized spacial score (nSPS) is 17.2. The minimum atomic E-state index is -1.14.